The Balaban J connectivity index is 2.19. The Morgan fingerprint density at radius 3 is 2.73 bits per heavy atom. The van der Waals surface area contributed by atoms with Gasteiger partial charge >= 0.3 is 0 Å². The maximum absolute atomic E-state index is 13.4. The van der Waals surface area contributed by atoms with E-state index < -0.39 is 17.8 Å². The van der Waals surface area contributed by atoms with Gasteiger partial charge in [-0.3, -0.25) is 14.8 Å². The normalized spacial score (nSPS) is 12.8. The summed E-state index contributed by atoms with van der Waals surface area (Å²) in [6.45, 7) is 4.34. The number of aromatic nitrogens is 3. The van der Waals surface area contributed by atoms with Gasteiger partial charge in [0.25, 0.3) is 0 Å². The lowest BCUT2D eigenvalue weighted by Gasteiger charge is -2.24. The third-order valence-electron chi connectivity index (χ3n) is 3.34. The number of hydrogen-bond donors (Lipinski definition) is 2. The number of nitrogens with one attached hydrogen (secondary N) is 1. The summed E-state index contributed by atoms with van der Waals surface area (Å²) in [5, 5.41) is 6.97. The average molecular weight is 305 g/mol. The highest BCUT2D eigenvalue weighted by molar-refractivity contribution is 5.81. The van der Waals surface area contributed by atoms with Gasteiger partial charge in [0, 0.05) is 5.92 Å². The number of amides is 1. The SMILES string of the molecule is CC(C)c1n[nH]c(CN(C)[C@H](C(N)=O)c2cccc(F)c2)n1. The summed E-state index contributed by atoms with van der Waals surface area (Å²) in [5.74, 6) is 0.611. The van der Waals surface area contributed by atoms with Crippen LogP contribution in [0.1, 0.15) is 43.0 Å². The Morgan fingerprint density at radius 1 is 1.45 bits per heavy atom. The number of hydrogen-bond acceptors (Lipinski definition) is 4. The Kier molecular flexibility index (Phi) is 4.87. The van der Waals surface area contributed by atoms with Crippen LogP contribution in [-0.2, 0) is 11.3 Å². The number of aromatic amines is 1. The predicted molar refractivity (Wildman–Crippen MR) is 80.3 cm³/mol. The molecule has 7 heteroatoms. The lowest BCUT2D eigenvalue weighted by Crippen LogP contribution is -2.35. The number of H-pyrrole nitrogens is 1. The van der Waals surface area contributed by atoms with Crippen molar-refractivity contribution in [3.8, 4) is 0 Å². The van der Waals surface area contributed by atoms with Gasteiger partial charge in [-0.15, -0.1) is 0 Å². The Morgan fingerprint density at radius 2 is 2.18 bits per heavy atom. The molecule has 0 fully saturated rings. The van der Waals surface area contributed by atoms with Gasteiger partial charge in [-0.1, -0.05) is 26.0 Å². The minimum absolute atomic E-state index is 0.213. The van der Waals surface area contributed by atoms with E-state index in [9.17, 15) is 9.18 Å². The highest BCUT2D eigenvalue weighted by Gasteiger charge is 2.24. The Bertz CT molecular complexity index is 655. The summed E-state index contributed by atoms with van der Waals surface area (Å²) >= 11 is 0. The number of halogens is 1. The third-order valence-corrected chi connectivity index (χ3v) is 3.34. The first-order valence-electron chi connectivity index (χ1n) is 7.04. The molecule has 0 aliphatic carbocycles. The van der Waals surface area contributed by atoms with E-state index in [4.69, 9.17) is 5.73 Å². The zero-order valence-electron chi connectivity index (χ0n) is 12.9. The van der Waals surface area contributed by atoms with Crippen molar-refractivity contribution in [1.82, 2.24) is 20.1 Å². The smallest absolute Gasteiger partial charge is 0.239 e. The highest BCUT2D eigenvalue weighted by Crippen LogP contribution is 2.21. The van der Waals surface area contributed by atoms with Gasteiger partial charge in [-0.25, -0.2) is 9.37 Å². The maximum Gasteiger partial charge on any atom is 0.239 e. The number of primary amides is 1. The summed E-state index contributed by atoms with van der Waals surface area (Å²) in [6, 6.07) is 5.14. The van der Waals surface area contributed by atoms with Crippen molar-refractivity contribution in [3.05, 3.63) is 47.3 Å². The second kappa shape index (κ2) is 6.65. The number of likely N-dealkylation sites (N-methyl/N-ethyl adjacent to an activating group) is 1. The van der Waals surface area contributed by atoms with Crippen molar-refractivity contribution in [2.75, 3.05) is 7.05 Å². The van der Waals surface area contributed by atoms with Gasteiger partial charge in [-0.05, 0) is 24.7 Å². The van der Waals surface area contributed by atoms with Crippen LogP contribution in [0.5, 0.6) is 0 Å². The van der Waals surface area contributed by atoms with Crippen LogP contribution in [0.4, 0.5) is 4.39 Å². The summed E-state index contributed by atoms with van der Waals surface area (Å²) in [6.07, 6.45) is 0. The first-order valence-corrected chi connectivity index (χ1v) is 7.04. The van der Waals surface area contributed by atoms with Gasteiger partial charge in [0.1, 0.15) is 17.7 Å². The molecule has 1 aromatic heterocycles. The molecule has 1 atom stereocenters. The molecule has 0 aliphatic heterocycles. The molecule has 0 aliphatic rings. The monoisotopic (exact) mass is 305 g/mol. The molecule has 0 saturated heterocycles. The molecular weight excluding hydrogens is 285 g/mol. The zero-order chi connectivity index (χ0) is 16.3. The van der Waals surface area contributed by atoms with Crippen LogP contribution in [0, 0.1) is 5.82 Å². The van der Waals surface area contributed by atoms with Crippen molar-refractivity contribution in [2.45, 2.75) is 32.4 Å². The summed E-state index contributed by atoms with van der Waals surface area (Å²) < 4.78 is 13.4. The van der Waals surface area contributed by atoms with Gasteiger partial charge in [0.05, 0.1) is 6.54 Å². The van der Waals surface area contributed by atoms with Crippen molar-refractivity contribution < 1.29 is 9.18 Å². The number of benzene rings is 1. The largest absolute Gasteiger partial charge is 0.368 e. The van der Waals surface area contributed by atoms with Gasteiger partial charge in [0.2, 0.25) is 5.91 Å². The van der Waals surface area contributed by atoms with E-state index in [1.807, 2.05) is 13.8 Å². The van der Waals surface area contributed by atoms with Crippen LogP contribution in [0.25, 0.3) is 0 Å². The standard InChI is InChI=1S/C15H20FN5O/c1-9(2)15-18-12(19-20-15)8-21(3)13(14(17)22)10-5-4-6-11(16)7-10/h4-7,9,13H,8H2,1-3H3,(H2,17,22)(H,18,19,20)/t13-/m0/s1. The minimum atomic E-state index is -0.733. The highest BCUT2D eigenvalue weighted by atomic mass is 19.1. The molecule has 1 aromatic carbocycles. The first kappa shape index (κ1) is 16.1. The topological polar surface area (TPSA) is 87.9 Å². The number of nitrogens with two attached hydrogens (primary N) is 1. The van der Waals surface area contributed by atoms with Crippen LogP contribution >= 0.6 is 0 Å². The second-order valence-corrected chi connectivity index (χ2v) is 5.57. The fraction of sp³-hybridized carbons (Fsp3) is 0.400. The summed E-state index contributed by atoms with van der Waals surface area (Å²) in [5.41, 5.74) is 5.99. The number of rotatable bonds is 6. The van der Waals surface area contributed by atoms with Gasteiger partial charge in [-0.2, -0.15) is 5.10 Å². The Hall–Kier alpha value is -2.28. The molecule has 1 amide bonds. The van der Waals surface area contributed by atoms with Crippen molar-refractivity contribution in [2.24, 2.45) is 5.73 Å². The van der Waals surface area contributed by atoms with Crippen molar-refractivity contribution in [1.29, 1.82) is 0 Å². The first-order chi connectivity index (χ1) is 10.4. The number of nitrogens with zero attached hydrogens (tertiary/aromatic N) is 3. The van der Waals surface area contributed by atoms with Crippen molar-refractivity contribution >= 4 is 5.91 Å². The molecule has 0 unspecified atom stereocenters. The second-order valence-electron chi connectivity index (χ2n) is 5.57. The minimum Gasteiger partial charge on any atom is -0.368 e. The van der Waals surface area contributed by atoms with Crippen LogP contribution in [0.3, 0.4) is 0 Å². The molecule has 2 rings (SSSR count). The fourth-order valence-corrected chi connectivity index (χ4v) is 2.28. The molecule has 0 radical (unpaired) electrons. The molecule has 6 nitrogen and oxygen atoms in total. The molecule has 3 N–H and O–H groups in total. The zero-order valence-corrected chi connectivity index (χ0v) is 12.9. The molecule has 118 valence electrons. The van der Waals surface area contributed by atoms with Gasteiger partial charge in [0.15, 0.2) is 5.82 Å². The number of carbonyl (C=O) groups excluding carboxylic acids is 1. The molecular formula is C15H20FN5O. The van der Waals surface area contributed by atoms with Crippen LogP contribution in [0.2, 0.25) is 0 Å². The molecule has 22 heavy (non-hydrogen) atoms. The van der Waals surface area contributed by atoms with E-state index >= 15 is 0 Å². The lowest BCUT2D eigenvalue weighted by atomic mass is 10.0. The fourth-order valence-electron chi connectivity index (χ4n) is 2.28. The molecule has 0 spiro atoms. The molecule has 0 bridgehead atoms. The average Bonchev–Trinajstić information content (AvgIpc) is 2.87. The van der Waals surface area contributed by atoms with E-state index in [-0.39, 0.29) is 5.92 Å². The van der Waals surface area contributed by atoms with Crippen LogP contribution in [-0.4, -0.2) is 33.0 Å². The van der Waals surface area contributed by atoms with Gasteiger partial charge < -0.3 is 5.73 Å². The van der Waals surface area contributed by atoms with E-state index in [2.05, 4.69) is 15.2 Å². The van der Waals surface area contributed by atoms with E-state index in [1.165, 1.54) is 12.1 Å². The summed E-state index contributed by atoms with van der Waals surface area (Å²) in [4.78, 5) is 17.8. The summed E-state index contributed by atoms with van der Waals surface area (Å²) in [7, 11) is 1.73. The van der Waals surface area contributed by atoms with Crippen LogP contribution in [0.15, 0.2) is 24.3 Å². The van der Waals surface area contributed by atoms with Crippen LogP contribution < -0.4 is 5.73 Å². The Labute approximate surface area is 128 Å². The van der Waals surface area contributed by atoms with E-state index in [0.717, 1.165) is 0 Å². The predicted octanol–water partition coefficient (Wildman–Crippen LogP) is 1.73. The van der Waals surface area contributed by atoms with E-state index in [1.54, 1.807) is 24.1 Å². The molecule has 0 saturated carbocycles. The molecule has 1 heterocycles. The quantitative estimate of drug-likeness (QED) is 0.850. The lowest BCUT2D eigenvalue weighted by molar-refractivity contribution is -0.123. The molecule has 2 aromatic rings. The maximum atomic E-state index is 13.4. The third kappa shape index (κ3) is 3.67. The van der Waals surface area contributed by atoms with Crippen molar-refractivity contribution in [3.63, 3.8) is 0 Å². The van der Waals surface area contributed by atoms with E-state index in [0.29, 0.717) is 23.8 Å². The number of carbonyl (C=O) groups is 1.